The number of halogens is 3. The lowest BCUT2D eigenvalue weighted by molar-refractivity contribution is -0.141. The van der Waals surface area contributed by atoms with Crippen molar-refractivity contribution in [3.05, 3.63) is 36.4 Å². The zero-order valence-corrected chi connectivity index (χ0v) is 7.32. The average Bonchev–Trinajstić information content (AvgIpc) is 2.69. The Morgan fingerprint density at radius 1 is 1.20 bits per heavy atom. The molecule has 2 rings (SSSR count). The summed E-state index contributed by atoms with van der Waals surface area (Å²) in [5.41, 5.74) is -0.267. The summed E-state index contributed by atoms with van der Waals surface area (Å²) >= 11 is 0. The maximum atomic E-state index is 12.3. The van der Waals surface area contributed by atoms with Crippen LogP contribution in [0.3, 0.4) is 0 Å². The van der Waals surface area contributed by atoms with Crippen LogP contribution in [-0.2, 0) is 6.18 Å². The smallest absolute Gasteiger partial charge is 0.364 e. The first kappa shape index (κ1) is 9.70. The number of alkyl halides is 3. The molecule has 15 heavy (non-hydrogen) atoms. The van der Waals surface area contributed by atoms with Gasteiger partial charge in [0.1, 0.15) is 17.7 Å². The van der Waals surface area contributed by atoms with Gasteiger partial charge in [-0.2, -0.15) is 13.2 Å². The third-order valence-electron chi connectivity index (χ3n) is 1.78. The van der Waals surface area contributed by atoms with Gasteiger partial charge >= 0.3 is 6.18 Å². The molecule has 0 amide bonds. The molecule has 3 nitrogen and oxygen atoms in total. The van der Waals surface area contributed by atoms with Crippen molar-refractivity contribution in [2.75, 3.05) is 0 Å². The Morgan fingerprint density at radius 3 is 2.60 bits per heavy atom. The van der Waals surface area contributed by atoms with Crippen molar-refractivity contribution in [1.29, 1.82) is 0 Å². The van der Waals surface area contributed by atoms with E-state index < -0.39 is 11.9 Å². The van der Waals surface area contributed by atoms with Gasteiger partial charge in [-0.25, -0.2) is 0 Å². The van der Waals surface area contributed by atoms with Crippen molar-refractivity contribution < 1.29 is 17.7 Å². The minimum absolute atomic E-state index is 0.325. The predicted molar refractivity (Wildman–Crippen MR) is 44.7 cm³/mol. The molecule has 0 spiro atoms. The number of hydrogen-bond donors (Lipinski definition) is 0. The standard InChI is InChI=1S/C9H5F3N2O/c10-9(11,12)8-5-6(1-3-13-8)7-2-4-15-14-7/h1-5H. The Balaban J connectivity index is 2.44. The van der Waals surface area contributed by atoms with E-state index in [1.54, 1.807) is 0 Å². The quantitative estimate of drug-likeness (QED) is 0.732. The molecular formula is C9H5F3N2O. The molecule has 2 heterocycles. The van der Waals surface area contributed by atoms with Crippen LogP contribution in [0.1, 0.15) is 5.69 Å². The molecule has 0 saturated heterocycles. The molecule has 2 aromatic rings. The highest BCUT2D eigenvalue weighted by Gasteiger charge is 2.32. The van der Waals surface area contributed by atoms with E-state index in [-0.39, 0.29) is 0 Å². The summed E-state index contributed by atoms with van der Waals surface area (Å²) in [6.07, 6.45) is -2.06. The summed E-state index contributed by atoms with van der Waals surface area (Å²) in [6, 6.07) is 3.85. The second-order valence-corrected chi connectivity index (χ2v) is 2.81. The summed E-state index contributed by atoms with van der Waals surface area (Å²) in [4.78, 5) is 3.24. The van der Waals surface area contributed by atoms with Gasteiger partial charge in [0.05, 0.1) is 0 Å². The molecule has 0 radical (unpaired) electrons. The fraction of sp³-hybridized carbons (Fsp3) is 0.111. The SMILES string of the molecule is FC(F)(F)c1cc(-c2ccon2)ccn1. The highest BCUT2D eigenvalue weighted by atomic mass is 19.4. The second-order valence-electron chi connectivity index (χ2n) is 2.81. The lowest BCUT2D eigenvalue weighted by Crippen LogP contribution is -2.07. The lowest BCUT2D eigenvalue weighted by Gasteiger charge is -2.05. The number of hydrogen-bond acceptors (Lipinski definition) is 3. The molecule has 0 atom stereocenters. The molecule has 0 aliphatic heterocycles. The summed E-state index contributed by atoms with van der Waals surface area (Å²) in [7, 11) is 0. The van der Waals surface area contributed by atoms with Crippen LogP contribution in [0.15, 0.2) is 35.2 Å². The first-order valence-electron chi connectivity index (χ1n) is 4.01. The van der Waals surface area contributed by atoms with Crippen molar-refractivity contribution in [2.24, 2.45) is 0 Å². The molecule has 6 heteroatoms. The van der Waals surface area contributed by atoms with Gasteiger partial charge in [-0.1, -0.05) is 5.16 Å². The largest absolute Gasteiger partial charge is 0.433 e. The molecule has 0 aliphatic carbocycles. The van der Waals surface area contributed by atoms with Crippen LogP contribution in [0.25, 0.3) is 11.3 Å². The Kier molecular flexibility index (Phi) is 2.18. The fourth-order valence-corrected chi connectivity index (χ4v) is 1.11. The summed E-state index contributed by atoms with van der Waals surface area (Å²) in [6.45, 7) is 0. The highest BCUT2D eigenvalue weighted by Crippen LogP contribution is 2.29. The van der Waals surface area contributed by atoms with Crippen LogP contribution < -0.4 is 0 Å². The van der Waals surface area contributed by atoms with Gasteiger partial charge in [-0.05, 0) is 12.1 Å². The molecule has 0 aromatic carbocycles. The minimum atomic E-state index is -4.44. The number of pyridine rings is 1. The van der Waals surface area contributed by atoms with Gasteiger partial charge in [0.25, 0.3) is 0 Å². The fourth-order valence-electron chi connectivity index (χ4n) is 1.11. The van der Waals surface area contributed by atoms with Gasteiger partial charge in [0, 0.05) is 17.8 Å². The first-order valence-corrected chi connectivity index (χ1v) is 4.01. The van der Waals surface area contributed by atoms with E-state index >= 15 is 0 Å². The van der Waals surface area contributed by atoms with Gasteiger partial charge < -0.3 is 4.52 Å². The molecule has 0 unspecified atom stereocenters. The van der Waals surface area contributed by atoms with Crippen molar-refractivity contribution in [1.82, 2.24) is 10.1 Å². The van der Waals surface area contributed by atoms with E-state index in [0.29, 0.717) is 11.3 Å². The molecule has 0 aliphatic rings. The van der Waals surface area contributed by atoms with E-state index in [0.717, 1.165) is 12.3 Å². The van der Waals surface area contributed by atoms with Gasteiger partial charge in [0.15, 0.2) is 0 Å². The Morgan fingerprint density at radius 2 is 2.00 bits per heavy atom. The normalized spacial score (nSPS) is 11.7. The maximum absolute atomic E-state index is 12.3. The van der Waals surface area contributed by atoms with E-state index in [9.17, 15) is 13.2 Å². The molecule has 78 valence electrons. The van der Waals surface area contributed by atoms with Crippen LogP contribution >= 0.6 is 0 Å². The van der Waals surface area contributed by atoms with Crippen LogP contribution in [0.5, 0.6) is 0 Å². The maximum Gasteiger partial charge on any atom is 0.433 e. The Labute approximate surface area is 82.5 Å². The third-order valence-corrected chi connectivity index (χ3v) is 1.78. The topological polar surface area (TPSA) is 38.9 Å². The molecule has 0 fully saturated rings. The molecule has 0 saturated carbocycles. The van der Waals surface area contributed by atoms with Crippen molar-refractivity contribution in [3.63, 3.8) is 0 Å². The van der Waals surface area contributed by atoms with Gasteiger partial charge in [-0.3, -0.25) is 4.98 Å². The van der Waals surface area contributed by atoms with Crippen LogP contribution in [0, 0.1) is 0 Å². The molecule has 2 aromatic heterocycles. The van der Waals surface area contributed by atoms with Crippen molar-refractivity contribution in [2.45, 2.75) is 6.18 Å². The molecule has 0 N–H and O–H groups in total. The number of nitrogens with zero attached hydrogens (tertiary/aromatic N) is 2. The third kappa shape index (κ3) is 1.98. The highest BCUT2D eigenvalue weighted by molar-refractivity contribution is 5.58. The summed E-state index contributed by atoms with van der Waals surface area (Å²) in [5, 5.41) is 3.54. The Hall–Kier alpha value is -1.85. The molecule has 0 bridgehead atoms. The van der Waals surface area contributed by atoms with E-state index in [1.807, 2.05) is 0 Å². The van der Waals surface area contributed by atoms with Crippen molar-refractivity contribution in [3.8, 4) is 11.3 Å². The predicted octanol–water partition coefficient (Wildman–Crippen LogP) is 2.76. The second kappa shape index (κ2) is 3.38. The van der Waals surface area contributed by atoms with Crippen LogP contribution in [-0.4, -0.2) is 10.1 Å². The monoisotopic (exact) mass is 214 g/mol. The van der Waals surface area contributed by atoms with E-state index in [2.05, 4.69) is 14.7 Å². The lowest BCUT2D eigenvalue weighted by atomic mass is 10.1. The number of aromatic nitrogens is 2. The zero-order chi connectivity index (χ0) is 10.9. The van der Waals surface area contributed by atoms with E-state index in [1.165, 1.54) is 18.4 Å². The minimum Gasteiger partial charge on any atom is -0.364 e. The Bertz CT molecular complexity index is 451. The van der Waals surface area contributed by atoms with Crippen molar-refractivity contribution >= 4 is 0 Å². The first-order chi connectivity index (χ1) is 7.07. The zero-order valence-electron chi connectivity index (χ0n) is 7.32. The summed E-state index contributed by atoms with van der Waals surface area (Å²) in [5.74, 6) is 0. The van der Waals surface area contributed by atoms with Crippen LogP contribution in [0.2, 0.25) is 0 Å². The average molecular weight is 214 g/mol. The number of rotatable bonds is 1. The summed E-state index contributed by atoms with van der Waals surface area (Å²) < 4.78 is 41.5. The van der Waals surface area contributed by atoms with Gasteiger partial charge in [-0.15, -0.1) is 0 Å². The molecular weight excluding hydrogens is 209 g/mol. The van der Waals surface area contributed by atoms with Crippen LogP contribution in [0.4, 0.5) is 13.2 Å². The van der Waals surface area contributed by atoms with E-state index in [4.69, 9.17) is 0 Å². The van der Waals surface area contributed by atoms with Gasteiger partial charge in [0.2, 0.25) is 0 Å².